The summed E-state index contributed by atoms with van der Waals surface area (Å²) in [5.41, 5.74) is 1.07. The average molecular weight is 344 g/mol. The topological polar surface area (TPSA) is 71.0 Å². The van der Waals surface area contributed by atoms with E-state index < -0.39 is 0 Å². The second-order valence-electron chi connectivity index (χ2n) is 6.36. The van der Waals surface area contributed by atoms with Crippen LogP contribution in [0.4, 0.5) is 0 Å². The number of hydrogen-bond acceptors (Lipinski definition) is 4. The van der Waals surface area contributed by atoms with E-state index in [9.17, 15) is 9.59 Å². The van der Waals surface area contributed by atoms with E-state index in [1.54, 1.807) is 18.5 Å². The van der Waals surface area contributed by atoms with Crippen molar-refractivity contribution in [3.8, 4) is 0 Å². The summed E-state index contributed by atoms with van der Waals surface area (Å²) in [5, 5.41) is 0.898. The molecular weight excluding hydrogens is 324 g/mol. The molecule has 1 N–H and O–H groups in total. The van der Waals surface area contributed by atoms with Crippen LogP contribution in [0.15, 0.2) is 29.8 Å². The number of aromatic amines is 1. The molecule has 1 saturated heterocycles. The summed E-state index contributed by atoms with van der Waals surface area (Å²) in [6.45, 7) is 1.61. The Morgan fingerprint density at radius 3 is 2.83 bits per heavy atom. The molecule has 126 valence electrons. The fourth-order valence-electron chi connectivity index (χ4n) is 3.02. The number of H-pyrrole nitrogens is 1. The molecule has 0 spiro atoms. The van der Waals surface area contributed by atoms with Gasteiger partial charge in [-0.1, -0.05) is 11.8 Å². The summed E-state index contributed by atoms with van der Waals surface area (Å²) >= 11 is 1.46. The first-order chi connectivity index (χ1) is 11.7. The highest BCUT2D eigenvalue weighted by molar-refractivity contribution is 7.99. The Bertz CT molecular complexity index is 756. The first-order valence-electron chi connectivity index (χ1n) is 8.39. The van der Waals surface area contributed by atoms with Gasteiger partial charge in [-0.15, -0.1) is 0 Å². The number of Topliss-reactive ketones (excluding diaryl/α,β-unsaturated/α-hetero) is 1. The zero-order valence-electron chi connectivity index (χ0n) is 13.4. The van der Waals surface area contributed by atoms with Gasteiger partial charge < -0.3 is 14.5 Å². The van der Waals surface area contributed by atoms with Gasteiger partial charge >= 0.3 is 0 Å². The summed E-state index contributed by atoms with van der Waals surface area (Å²) in [6, 6.07) is 2.23. The van der Waals surface area contributed by atoms with Gasteiger partial charge in [0.25, 0.3) is 5.91 Å². The number of hydrogen-bond donors (Lipinski definition) is 1. The van der Waals surface area contributed by atoms with E-state index >= 15 is 0 Å². The van der Waals surface area contributed by atoms with E-state index in [0.717, 1.165) is 31.1 Å². The Hall–Kier alpha value is -2.02. The predicted octanol–water partition coefficient (Wildman–Crippen LogP) is 2.76. The smallest absolute Gasteiger partial charge is 0.270 e. The molecule has 2 aliphatic rings. The summed E-state index contributed by atoms with van der Waals surface area (Å²) in [7, 11) is 0. The molecule has 0 bridgehead atoms. The van der Waals surface area contributed by atoms with Gasteiger partial charge in [-0.2, -0.15) is 0 Å². The van der Waals surface area contributed by atoms with Crippen LogP contribution in [0.1, 0.15) is 52.6 Å². The maximum atomic E-state index is 12.4. The van der Waals surface area contributed by atoms with Crippen LogP contribution < -0.4 is 0 Å². The molecule has 0 atom stereocenters. The lowest BCUT2D eigenvalue weighted by molar-refractivity contribution is 0.0787. The van der Waals surface area contributed by atoms with Gasteiger partial charge in [0.1, 0.15) is 5.69 Å². The van der Waals surface area contributed by atoms with E-state index in [0.29, 0.717) is 23.1 Å². The Morgan fingerprint density at radius 2 is 2.08 bits per heavy atom. The molecule has 1 aliphatic carbocycles. The number of carbonyl (C=O) groups is 2. The fourth-order valence-corrected chi connectivity index (χ4v) is 3.95. The molecule has 2 fully saturated rings. The van der Waals surface area contributed by atoms with Gasteiger partial charge in [0.2, 0.25) is 0 Å². The van der Waals surface area contributed by atoms with Crippen molar-refractivity contribution < 1.29 is 9.59 Å². The van der Waals surface area contributed by atoms with Gasteiger partial charge in [-0.3, -0.25) is 9.59 Å². The molecule has 6 nitrogen and oxygen atoms in total. The molecule has 2 aromatic rings. The van der Waals surface area contributed by atoms with E-state index in [4.69, 9.17) is 0 Å². The first-order valence-corrected chi connectivity index (χ1v) is 9.37. The zero-order valence-corrected chi connectivity index (χ0v) is 14.2. The van der Waals surface area contributed by atoms with Crippen molar-refractivity contribution in [3.05, 3.63) is 35.9 Å². The molecule has 3 heterocycles. The van der Waals surface area contributed by atoms with Gasteiger partial charge in [0.05, 0.1) is 5.75 Å². The van der Waals surface area contributed by atoms with Crippen molar-refractivity contribution >= 4 is 23.5 Å². The monoisotopic (exact) mass is 344 g/mol. The van der Waals surface area contributed by atoms with Crippen LogP contribution in [0, 0.1) is 0 Å². The molecule has 0 aromatic carbocycles. The Morgan fingerprint density at radius 1 is 1.29 bits per heavy atom. The van der Waals surface area contributed by atoms with Crippen LogP contribution in [0.25, 0.3) is 0 Å². The standard InChI is InChI=1S/C17H20N4O2S/c22-15(11-24-17-18-5-8-21(17)13-3-4-13)12-9-14(19-10-12)16(23)20-6-1-2-7-20/h5,8-10,13,19H,1-4,6-7,11H2. The minimum atomic E-state index is -0.0107. The molecular formula is C17H20N4O2S. The number of carbonyl (C=O) groups excluding carboxylic acids is 2. The highest BCUT2D eigenvalue weighted by Crippen LogP contribution is 2.37. The van der Waals surface area contributed by atoms with Gasteiger partial charge in [-0.25, -0.2) is 4.98 Å². The van der Waals surface area contributed by atoms with Crippen molar-refractivity contribution in [1.29, 1.82) is 0 Å². The summed E-state index contributed by atoms with van der Waals surface area (Å²) in [6.07, 6.45) is 9.90. The third-order valence-corrected chi connectivity index (χ3v) is 5.52. The maximum Gasteiger partial charge on any atom is 0.270 e. The van der Waals surface area contributed by atoms with Crippen molar-refractivity contribution in [3.63, 3.8) is 0 Å². The number of ketones is 1. The van der Waals surface area contributed by atoms with Crippen LogP contribution in [0.3, 0.4) is 0 Å². The van der Waals surface area contributed by atoms with Crippen LogP contribution in [0.2, 0.25) is 0 Å². The van der Waals surface area contributed by atoms with Crippen molar-refractivity contribution in [1.82, 2.24) is 19.4 Å². The zero-order chi connectivity index (χ0) is 16.5. The number of thioether (sulfide) groups is 1. The highest BCUT2D eigenvalue weighted by Gasteiger charge is 2.26. The van der Waals surface area contributed by atoms with Crippen molar-refractivity contribution in [2.45, 2.75) is 36.9 Å². The maximum absolute atomic E-state index is 12.4. The lowest BCUT2D eigenvalue weighted by atomic mass is 10.2. The predicted molar refractivity (Wildman–Crippen MR) is 91.5 cm³/mol. The number of likely N-dealkylation sites (tertiary alicyclic amines) is 1. The number of rotatable bonds is 6. The largest absolute Gasteiger partial charge is 0.356 e. The average Bonchev–Trinajstić information content (AvgIpc) is 3.07. The number of nitrogens with one attached hydrogen (secondary N) is 1. The third-order valence-electron chi connectivity index (χ3n) is 4.53. The minimum absolute atomic E-state index is 0.0107. The Labute approximate surface area is 144 Å². The molecule has 1 saturated carbocycles. The van der Waals surface area contributed by atoms with Crippen LogP contribution in [-0.4, -0.2) is 50.0 Å². The summed E-state index contributed by atoms with van der Waals surface area (Å²) in [4.78, 5) is 33.8. The van der Waals surface area contributed by atoms with Gasteiger partial charge in [0.15, 0.2) is 10.9 Å². The Balaban J connectivity index is 1.38. The quantitative estimate of drug-likeness (QED) is 0.646. The van der Waals surface area contributed by atoms with Crippen molar-refractivity contribution in [2.75, 3.05) is 18.8 Å². The Kier molecular flexibility index (Phi) is 4.18. The fraction of sp³-hybridized carbons (Fsp3) is 0.471. The number of amides is 1. The van der Waals surface area contributed by atoms with Crippen molar-refractivity contribution in [2.24, 2.45) is 0 Å². The number of aromatic nitrogens is 3. The van der Waals surface area contributed by atoms with Crippen LogP contribution in [0.5, 0.6) is 0 Å². The molecule has 1 aliphatic heterocycles. The van der Waals surface area contributed by atoms with Crippen LogP contribution >= 0.6 is 11.8 Å². The molecule has 24 heavy (non-hydrogen) atoms. The third kappa shape index (κ3) is 3.13. The number of nitrogens with zero attached hydrogens (tertiary/aromatic N) is 3. The molecule has 2 aromatic heterocycles. The van der Waals surface area contributed by atoms with Gasteiger partial charge in [-0.05, 0) is 31.7 Å². The highest BCUT2D eigenvalue weighted by atomic mass is 32.2. The lowest BCUT2D eigenvalue weighted by Crippen LogP contribution is -2.27. The normalized spacial score (nSPS) is 17.4. The molecule has 0 unspecified atom stereocenters. The van der Waals surface area contributed by atoms with E-state index in [2.05, 4.69) is 14.5 Å². The van der Waals surface area contributed by atoms with E-state index in [1.807, 2.05) is 11.1 Å². The van der Waals surface area contributed by atoms with Crippen LogP contribution in [-0.2, 0) is 0 Å². The van der Waals surface area contributed by atoms with Gasteiger partial charge in [0, 0.05) is 43.3 Å². The molecule has 4 rings (SSSR count). The molecule has 7 heteroatoms. The summed E-state index contributed by atoms with van der Waals surface area (Å²) in [5.74, 6) is 0.337. The van der Waals surface area contributed by atoms with E-state index in [1.165, 1.54) is 24.6 Å². The lowest BCUT2D eigenvalue weighted by Gasteiger charge is -2.13. The minimum Gasteiger partial charge on any atom is -0.356 e. The SMILES string of the molecule is O=C(CSc1nccn1C1CC1)c1c[nH]c(C(=O)N2CCCC2)c1. The second-order valence-corrected chi connectivity index (χ2v) is 7.30. The molecule has 0 radical (unpaired) electrons. The summed E-state index contributed by atoms with van der Waals surface area (Å²) < 4.78 is 2.15. The molecule has 1 amide bonds. The second kappa shape index (κ2) is 6.47. The van der Waals surface area contributed by atoms with E-state index in [-0.39, 0.29) is 11.7 Å². The number of imidazole rings is 1. The first kappa shape index (κ1) is 15.5.